The molecule has 1 unspecified atom stereocenters. The lowest BCUT2D eigenvalue weighted by atomic mass is 10.0. The molecule has 0 radical (unpaired) electrons. The van der Waals surface area contributed by atoms with Crippen LogP contribution < -0.4 is 5.32 Å². The van der Waals surface area contributed by atoms with Gasteiger partial charge in [-0.3, -0.25) is 4.79 Å². The summed E-state index contributed by atoms with van der Waals surface area (Å²) in [4.78, 5) is 12.1. The summed E-state index contributed by atoms with van der Waals surface area (Å²) in [6.07, 6.45) is 2.35. The Hall–Kier alpha value is -2.09. The zero-order valence-electron chi connectivity index (χ0n) is 13.7. The summed E-state index contributed by atoms with van der Waals surface area (Å²) in [6.45, 7) is 6.25. The van der Waals surface area contributed by atoms with Gasteiger partial charge in [-0.05, 0) is 43.4 Å². The van der Waals surface area contributed by atoms with Gasteiger partial charge in [0.25, 0.3) is 0 Å². The number of benzene rings is 2. The highest BCUT2D eigenvalue weighted by atomic mass is 16.1. The summed E-state index contributed by atoms with van der Waals surface area (Å²) in [5, 5.41) is 3.08. The van der Waals surface area contributed by atoms with Crippen molar-refractivity contribution in [1.29, 1.82) is 0 Å². The second-order valence-electron chi connectivity index (χ2n) is 5.87. The van der Waals surface area contributed by atoms with Crippen LogP contribution in [0.5, 0.6) is 0 Å². The molecule has 0 fully saturated rings. The van der Waals surface area contributed by atoms with E-state index in [0.717, 1.165) is 18.4 Å². The highest BCUT2D eigenvalue weighted by Crippen LogP contribution is 2.14. The minimum absolute atomic E-state index is 0.0518. The number of hydrogen-bond acceptors (Lipinski definition) is 1. The summed E-state index contributed by atoms with van der Waals surface area (Å²) >= 11 is 0. The van der Waals surface area contributed by atoms with Gasteiger partial charge in [-0.15, -0.1) is 0 Å². The van der Waals surface area contributed by atoms with Crippen LogP contribution in [0.1, 0.15) is 48.6 Å². The van der Waals surface area contributed by atoms with Gasteiger partial charge in [0.15, 0.2) is 0 Å². The molecule has 0 aromatic heterocycles. The first kappa shape index (κ1) is 16.3. The van der Waals surface area contributed by atoms with Crippen molar-refractivity contribution < 1.29 is 4.79 Å². The van der Waals surface area contributed by atoms with E-state index in [1.807, 2.05) is 13.0 Å². The van der Waals surface area contributed by atoms with Crippen LogP contribution in [-0.2, 0) is 17.6 Å². The van der Waals surface area contributed by atoms with Crippen LogP contribution >= 0.6 is 0 Å². The molecule has 22 heavy (non-hydrogen) atoms. The van der Waals surface area contributed by atoms with Crippen molar-refractivity contribution in [2.45, 2.75) is 46.1 Å². The van der Waals surface area contributed by atoms with E-state index >= 15 is 0 Å². The van der Waals surface area contributed by atoms with E-state index in [0.29, 0.717) is 6.42 Å². The van der Waals surface area contributed by atoms with Crippen LogP contribution in [0.15, 0.2) is 48.5 Å². The first-order chi connectivity index (χ1) is 10.6. The van der Waals surface area contributed by atoms with E-state index in [1.54, 1.807) is 0 Å². The van der Waals surface area contributed by atoms with Crippen molar-refractivity contribution >= 4 is 5.91 Å². The van der Waals surface area contributed by atoms with Gasteiger partial charge in [0.2, 0.25) is 5.91 Å². The SMILES string of the molecule is CCc1ccc(C(C)NC(=O)CCc2cccc(C)c2)cc1. The Kier molecular flexibility index (Phi) is 5.76. The van der Waals surface area contributed by atoms with Crippen LogP contribution in [0.2, 0.25) is 0 Å². The van der Waals surface area contributed by atoms with Gasteiger partial charge in [-0.1, -0.05) is 61.0 Å². The maximum Gasteiger partial charge on any atom is 0.220 e. The summed E-state index contributed by atoms with van der Waals surface area (Å²) in [6, 6.07) is 16.8. The molecule has 0 saturated carbocycles. The van der Waals surface area contributed by atoms with Crippen molar-refractivity contribution in [3.05, 3.63) is 70.8 Å². The van der Waals surface area contributed by atoms with Crippen LogP contribution in [0.3, 0.4) is 0 Å². The van der Waals surface area contributed by atoms with Crippen LogP contribution in [-0.4, -0.2) is 5.91 Å². The molecule has 1 atom stereocenters. The molecular formula is C20H25NO. The highest BCUT2D eigenvalue weighted by molar-refractivity contribution is 5.76. The Morgan fingerprint density at radius 3 is 2.45 bits per heavy atom. The molecule has 0 heterocycles. The average Bonchev–Trinajstić information content (AvgIpc) is 2.53. The fraction of sp³-hybridized carbons (Fsp3) is 0.350. The quantitative estimate of drug-likeness (QED) is 0.842. The largest absolute Gasteiger partial charge is 0.350 e. The molecule has 2 nitrogen and oxygen atoms in total. The Morgan fingerprint density at radius 2 is 1.82 bits per heavy atom. The van der Waals surface area contributed by atoms with Gasteiger partial charge in [-0.2, -0.15) is 0 Å². The second-order valence-corrected chi connectivity index (χ2v) is 5.87. The third kappa shape index (κ3) is 4.73. The molecule has 2 aromatic carbocycles. The molecule has 0 saturated heterocycles. The normalized spacial score (nSPS) is 12.0. The van der Waals surface area contributed by atoms with Crippen LogP contribution in [0.4, 0.5) is 0 Å². The monoisotopic (exact) mass is 295 g/mol. The third-order valence-corrected chi connectivity index (χ3v) is 3.99. The molecule has 1 N–H and O–H groups in total. The lowest BCUT2D eigenvalue weighted by Crippen LogP contribution is -2.26. The molecule has 0 aliphatic rings. The summed E-state index contributed by atoms with van der Waals surface area (Å²) < 4.78 is 0. The smallest absolute Gasteiger partial charge is 0.220 e. The fourth-order valence-corrected chi connectivity index (χ4v) is 2.56. The molecule has 2 aromatic rings. The Balaban J connectivity index is 1.85. The van der Waals surface area contributed by atoms with Crippen molar-refractivity contribution in [3.63, 3.8) is 0 Å². The topological polar surface area (TPSA) is 29.1 Å². The molecular weight excluding hydrogens is 270 g/mol. The number of carbonyl (C=O) groups excluding carboxylic acids is 1. The van der Waals surface area contributed by atoms with E-state index < -0.39 is 0 Å². The van der Waals surface area contributed by atoms with Gasteiger partial charge in [0.05, 0.1) is 6.04 Å². The van der Waals surface area contributed by atoms with Crippen molar-refractivity contribution in [3.8, 4) is 0 Å². The highest BCUT2D eigenvalue weighted by Gasteiger charge is 2.09. The summed E-state index contributed by atoms with van der Waals surface area (Å²) in [5.74, 6) is 0.105. The molecule has 0 aliphatic carbocycles. The van der Waals surface area contributed by atoms with Gasteiger partial charge in [0.1, 0.15) is 0 Å². The number of amides is 1. The van der Waals surface area contributed by atoms with Crippen molar-refractivity contribution in [1.82, 2.24) is 5.32 Å². The van der Waals surface area contributed by atoms with E-state index in [4.69, 9.17) is 0 Å². The van der Waals surface area contributed by atoms with Crippen molar-refractivity contribution in [2.24, 2.45) is 0 Å². The zero-order chi connectivity index (χ0) is 15.9. The van der Waals surface area contributed by atoms with E-state index in [1.165, 1.54) is 16.7 Å². The van der Waals surface area contributed by atoms with Crippen LogP contribution in [0, 0.1) is 6.92 Å². The predicted octanol–water partition coefficient (Wildman–Crippen LogP) is 4.37. The Labute approximate surface area is 133 Å². The Morgan fingerprint density at radius 1 is 1.09 bits per heavy atom. The maximum atomic E-state index is 12.1. The minimum Gasteiger partial charge on any atom is -0.350 e. The molecule has 2 rings (SSSR count). The molecule has 116 valence electrons. The number of nitrogens with one attached hydrogen (secondary N) is 1. The Bertz CT molecular complexity index is 616. The molecule has 0 aliphatic heterocycles. The molecule has 1 amide bonds. The van der Waals surface area contributed by atoms with Gasteiger partial charge < -0.3 is 5.32 Å². The number of rotatable bonds is 6. The van der Waals surface area contributed by atoms with Crippen LogP contribution in [0.25, 0.3) is 0 Å². The van der Waals surface area contributed by atoms with E-state index in [9.17, 15) is 4.79 Å². The summed E-state index contributed by atoms with van der Waals surface area (Å²) in [5.41, 5.74) is 4.93. The number of hydrogen-bond donors (Lipinski definition) is 1. The standard InChI is InChI=1S/C20H25NO/c1-4-17-8-11-19(12-9-17)16(3)21-20(22)13-10-18-7-5-6-15(2)14-18/h5-9,11-12,14,16H,4,10,13H2,1-3H3,(H,21,22). The predicted molar refractivity (Wildman–Crippen MR) is 91.9 cm³/mol. The fourth-order valence-electron chi connectivity index (χ4n) is 2.56. The van der Waals surface area contributed by atoms with Crippen molar-refractivity contribution in [2.75, 3.05) is 0 Å². The molecule has 0 bridgehead atoms. The second kappa shape index (κ2) is 7.79. The zero-order valence-corrected chi connectivity index (χ0v) is 13.7. The molecule has 2 heteroatoms. The number of aryl methyl sites for hydroxylation is 3. The van der Waals surface area contributed by atoms with Gasteiger partial charge in [-0.25, -0.2) is 0 Å². The van der Waals surface area contributed by atoms with E-state index in [2.05, 4.69) is 61.6 Å². The third-order valence-electron chi connectivity index (χ3n) is 3.99. The lowest BCUT2D eigenvalue weighted by molar-refractivity contribution is -0.121. The van der Waals surface area contributed by atoms with Gasteiger partial charge in [0, 0.05) is 6.42 Å². The first-order valence-electron chi connectivity index (χ1n) is 8.02. The lowest BCUT2D eigenvalue weighted by Gasteiger charge is -2.15. The average molecular weight is 295 g/mol. The molecule has 0 spiro atoms. The first-order valence-corrected chi connectivity index (χ1v) is 8.02. The summed E-state index contributed by atoms with van der Waals surface area (Å²) in [7, 11) is 0. The van der Waals surface area contributed by atoms with Gasteiger partial charge >= 0.3 is 0 Å². The minimum atomic E-state index is 0.0518. The van der Waals surface area contributed by atoms with E-state index in [-0.39, 0.29) is 11.9 Å². The number of carbonyl (C=O) groups is 1. The maximum absolute atomic E-state index is 12.1.